The van der Waals surface area contributed by atoms with Crippen LogP contribution in [0.4, 0.5) is 0 Å². The molecule has 0 unspecified atom stereocenters. The Morgan fingerprint density at radius 2 is 1.75 bits per heavy atom. The van der Waals surface area contributed by atoms with Crippen LogP contribution in [0.25, 0.3) is 0 Å². The highest BCUT2D eigenvalue weighted by Crippen LogP contribution is 2.37. The number of hydrogen-bond donors (Lipinski definition) is 2. The van der Waals surface area contributed by atoms with Crippen LogP contribution in [0.1, 0.15) is 51.9 Å². The van der Waals surface area contributed by atoms with Crippen molar-refractivity contribution in [3.05, 3.63) is 0 Å². The molecule has 0 aromatic rings. The molecule has 16 heavy (non-hydrogen) atoms. The van der Waals surface area contributed by atoms with Crippen LogP contribution in [0.3, 0.4) is 0 Å². The van der Waals surface area contributed by atoms with E-state index in [1.165, 1.54) is 25.7 Å². The zero-order valence-corrected chi connectivity index (χ0v) is 10.9. The second-order valence-electron chi connectivity index (χ2n) is 5.71. The Kier molecular flexibility index (Phi) is 4.24. The summed E-state index contributed by atoms with van der Waals surface area (Å²) in [5.41, 5.74) is 5.76. The second kappa shape index (κ2) is 4.92. The largest absolute Gasteiger partial charge is 0.354 e. The summed E-state index contributed by atoms with van der Waals surface area (Å²) in [6.45, 7) is 3.08. The lowest BCUT2D eigenvalue weighted by molar-refractivity contribution is -0.129. The zero-order chi connectivity index (χ0) is 10.9. The molecule has 0 bridgehead atoms. The molecule has 0 radical (unpaired) electrons. The van der Waals surface area contributed by atoms with E-state index >= 15 is 0 Å². The maximum absolute atomic E-state index is 11.8. The second-order valence-corrected chi connectivity index (χ2v) is 5.71. The first kappa shape index (κ1) is 13.8. The normalized spacial score (nSPS) is 25.4. The molecular formula is C12H23ClN2O. The van der Waals surface area contributed by atoms with Crippen LogP contribution in [0.5, 0.6) is 0 Å². The van der Waals surface area contributed by atoms with Gasteiger partial charge in [0, 0.05) is 6.54 Å². The van der Waals surface area contributed by atoms with Crippen molar-refractivity contribution < 1.29 is 4.79 Å². The van der Waals surface area contributed by atoms with Gasteiger partial charge in [0.05, 0.1) is 5.54 Å². The van der Waals surface area contributed by atoms with Gasteiger partial charge in [0.2, 0.25) is 5.91 Å². The van der Waals surface area contributed by atoms with Crippen LogP contribution in [0, 0.1) is 5.41 Å². The molecule has 3 N–H and O–H groups in total. The smallest absolute Gasteiger partial charge is 0.240 e. The number of nitrogens with two attached hydrogens (primary N) is 1. The van der Waals surface area contributed by atoms with Gasteiger partial charge >= 0.3 is 0 Å². The van der Waals surface area contributed by atoms with Gasteiger partial charge in [-0.1, -0.05) is 19.8 Å². The molecule has 2 aliphatic rings. The molecule has 0 spiro atoms. The summed E-state index contributed by atoms with van der Waals surface area (Å²) in [6, 6.07) is 0. The highest BCUT2D eigenvalue weighted by atomic mass is 35.5. The highest BCUT2D eigenvalue weighted by Gasteiger charge is 2.40. The summed E-state index contributed by atoms with van der Waals surface area (Å²) >= 11 is 0. The van der Waals surface area contributed by atoms with Gasteiger partial charge in [-0.3, -0.25) is 4.79 Å². The molecule has 2 rings (SSSR count). The third kappa shape index (κ3) is 2.69. The van der Waals surface area contributed by atoms with E-state index in [2.05, 4.69) is 12.2 Å². The fourth-order valence-corrected chi connectivity index (χ4v) is 2.66. The molecule has 0 saturated heterocycles. The molecule has 94 valence electrons. The topological polar surface area (TPSA) is 55.1 Å². The Labute approximate surface area is 104 Å². The minimum absolute atomic E-state index is 0. The van der Waals surface area contributed by atoms with E-state index in [-0.39, 0.29) is 18.3 Å². The predicted molar refractivity (Wildman–Crippen MR) is 67.6 cm³/mol. The fraction of sp³-hybridized carbons (Fsp3) is 0.917. The van der Waals surface area contributed by atoms with E-state index in [1.807, 2.05) is 0 Å². The number of amides is 1. The molecule has 0 atom stereocenters. The molecule has 3 nitrogen and oxygen atoms in total. The Bertz CT molecular complexity index is 258. The highest BCUT2D eigenvalue weighted by molar-refractivity contribution is 5.87. The lowest BCUT2D eigenvalue weighted by atomic mass is 9.76. The Balaban J connectivity index is 0.00000128. The van der Waals surface area contributed by atoms with Crippen molar-refractivity contribution in [2.75, 3.05) is 6.54 Å². The number of halogens is 1. The zero-order valence-electron chi connectivity index (χ0n) is 10.1. The summed E-state index contributed by atoms with van der Waals surface area (Å²) in [4.78, 5) is 11.8. The third-order valence-electron chi connectivity index (χ3n) is 4.18. The van der Waals surface area contributed by atoms with Crippen LogP contribution < -0.4 is 11.1 Å². The number of nitrogens with one attached hydrogen (secondary N) is 1. The molecular weight excluding hydrogens is 224 g/mol. The third-order valence-corrected chi connectivity index (χ3v) is 4.18. The van der Waals surface area contributed by atoms with E-state index in [1.54, 1.807) is 0 Å². The fourth-order valence-electron chi connectivity index (χ4n) is 2.66. The number of carbonyl (C=O) groups is 1. The van der Waals surface area contributed by atoms with Crippen molar-refractivity contribution in [2.24, 2.45) is 11.1 Å². The van der Waals surface area contributed by atoms with Gasteiger partial charge in [0.1, 0.15) is 0 Å². The van der Waals surface area contributed by atoms with Crippen molar-refractivity contribution in [1.29, 1.82) is 0 Å². The first-order chi connectivity index (χ1) is 7.04. The van der Waals surface area contributed by atoms with E-state index in [0.717, 1.165) is 25.8 Å². The standard InChI is InChI=1S/C12H22N2O.ClH/c1-11(5-2-3-6-11)9-14-10(15)12(13)7-4-8-12;/h2-9,13H2,1H3,(H,14,15);1H. The summed E-state index contributed by atoms with van der Waals surface area (Å²) in [5, 5.41) is 3.04. The lowest BCUT2D eigenvalue weighted by Gasteiger charge is -2.37. The van der Waals surface area contributed by atoms with E-state index in [0.29, 0.717) is 5.41 Å². The average Bonchev–Trinajstić information content (AvgIpc) is 2.58. The van der Waals surface area contributed by atoms with Crippen LogP contribution in [-0.4, -0.2) is 18.0 Å². The molecule has 0 aromatic heterocycles. The van der Waals surface area contributed by atoms with Crippen molar-refractivity contribution >= 4 is 18.3 Å². The first-order valence-corrected chi connectivity index (χ1v) is 6.11. The van der Waals surface area contributed by atoms with Crippen molar-refractivity contribution in [1.82, 2.24) is 5.32 Å². The van der Waals surface area contributed by atoms with E-state index in [4.69, 9.17) is 5.73 Å². The molecule has 0 aliphatic heterocycles. The predicted octanol–water partition coefficient (Wildman–Crippen LogP) is 1.99. The Morgan fingerprint density at radius 1 is 1.19 bits per heavy atom. The average molecular weight is 247 g/mol. The van der Waals surface area contributed by atoms with Crippen LogP contribution in [0.2, 0.25) is 0 Å². The Hall–Kier alpha value is -0.280. The number of carbonyl (C=O) groups excluding carboxylic acids is 1. The summed E-state index contributed by atoms with van der Waals surface area (Å²) < 4.78 is 0. The maximum Gasteiger partial charge on any atom is 0.240 e. The van der Waals surface area contributed by atoms with E-state index in [9.17, 15) is 4.79 Å². The van der Waals surface area contributed by atoms with E-state index < -0.39 is 5.54 Å². The quantitative estimate of drug-likeness (QED) is 0.800. The Morgan fingerprint density at radius 3 is 2.19 bits per heavy atom. The first-order valence-electron chi connectivity index (χ1n) is 6.11. The summed E-state index contributed by atoms with van der Waals surface area (Å²) in [6.07, 6.45) is 7.91. The van der Waals surface area contributed by atoms with Gasteiger partial charge in [0.25, 0.3) is 0 Å². The van der Waals surface area contributed by atoms with Crippen molar-refractivity contribution in [3.8, 4) is 0 Å². The van der Waals surface area contributed by atoms with Crippen LogP contribution in [0.15, 0.2) is 0 Å². The van der Waals surface area contributed by atoms with Crippen molar-refractivity contribution in [2.45, 2.75) is 57.4 Å². The molecule has 1 amide bonds. The van der Waals surface area contributed by atoms with Crippen LogP contribution in [-0.2, 0) is 4.79 Å². The maximum atomic E-state index is 11.8. The minimum Gasteiger partial charge on any atom is -0.354 e. The lowest BCUT2D eigenvalue weighted by Crippen LogP contribution is -2.59. The molecule has 0 heterocycles. The van der Waals surface area contributed by atoms with Gasteiger partial charge < -0.3 is 11.1 Å². The molecule has 2 fully saturated rings. The monoisotopic (exact) mass is 246 g/mol. The van der Waals surface area contributed by atoms with Gasteiger partial charge in [-0.25, -0.2) is 0 Å². The van der Waals surface area contributed by atoms with Crippen molar-refractivity contribution in [3.63, 3.8) is 0 Å². The summed E-state index contributed by atoms with van der Waals surface area (Å²) in [7, 11) is 0. The summed E-state index contributed by atoms with van der Waals surface area (Å²) in [5.74, 6) is 0.0712. The van der Waals surface area contributed by atoms with Gasteiger partial charge in [-0.15, -0.1) is 12.4 Å². The number of rotatable bonds is 3. The van der Waals surface area contributed by atoms with Gasteiger partial charge in [-0.2, -0.15) is 0 Å². The van der Waals surface area contributed by atoms with Crippen LogP contribution >= 0.6 is 12.4 Å². The van der Waals surface area contributed by atoms with Gasteiger partial charge in [0.15, 0.2) is 0 Å². The molecule has 2 aliphatic carbocycles. The van der Waals surface area contributed by atoms with Gasteiger partial charge in [-0.05, 0) is 37.5 Å². The molecule has 4 heteroatoms. The molecule has 0 aromatic carbocycles. The number of hydrogen-bond acceptors (Lipinski definition) is 2. The minimum atomic E-state index is -0.533. The SMILES string of the molecule is CC1(CNC(=O)C2(N)CCC2)CCCC1.Cl. The molecule has 2 saturated carbocycles.